The first kappa shape index (κ1) is 4.30. The molecule has 0 aromatic rings. The molecule has 1 aliphatic rings. The Morgan fingerprint density at radius 3 is 2.86 bits per heavy atom. The van der Waals surface area contributed by atoms with Gasteiger partial charge in [0.1, 0.15) is 5.82 Å². The molecule has 0 bridgehead atoms. The minimum Gasteiger partial charge on any atom is -0.384 e. The molecule has 40 valence electrons. The van der Waals surface area contributed by atoms with Crippen LogP contribution in [0.25, 0.3) is 0 Å². The lowest BCUT2D eigenvalue weighted by molar-refractivity contribution is 0.473. The van der Waals surface area contributed by atoms with Crippen molar-refractivity contribution in [2.45, 2.75) is 0 Å². The first-order chi connectivity index (χ1) is 3.29. The van der Waals surface area contributed by atoms with Gasteiger partial charge in [-0.3, -0.25) is 0 Å². The third-order valence-corrected chi connectivity index (χ3v) is 0.892. The van der Waals surface area contributed by atoms with Crippen molar-refractivity contribution in [1.82, 2.24) is 10.2 Å². The number of nitrogens with zero attached hydrogens (tertiary/aromatic N) is 1. The third kappa shape index (κ3) is 0.765. The minimum atomic E-state index is 0.752. The summed E-state index contributed by atoms with van der Waals surface area (Å²) in [5.41, 5.74) is 5.33. The van der Waals surface area contributed by atoms with Gasteiger partial charge in [0.2, 0.25) is 0 Å². The van der Waals surface area contributed by atoms with Crippen LogP contribution in [-0.4, -0.2) is 18.6 Å². The van der Waals surface area contributed by atoms with E-state index in [0.717, 1.165) is 12.5 Å². The van der Waals surface area contributed by atoms with E-state index in [2.05, 4.69) is 5.32 Å². The summed E-state index contributed by atoms with van der Waals surface area (Å²) in [6, 6.07) is 0. The SMILES string of the molecule is CN1C=C(N)NC1. The van der Waals surface area contributed by atoms with Crippen molar-refractivity contribution >= 4 is 0 Å². The van der Waals surface area contributed by atoms with Crippen LogP contribution in [0.15, 0.2) is 12.0 Å². The molecular weight excluding hydrogens is 90.1 g/mol. The van der Waals surface area contributed by atoms with E-state index in [-0.39, 0.29) is 0 Å². The van der Waals surface area contributed by atoms with Crippen molar-refractivity contribution in [3.8, 4) is 0 Å². The maximum Gasteiger partial charge on any atom is 0.114 e. The van der Waals surface area contributed by atoms with E-state index in [1.807, 2.05) is 18.1 Å². The molecule has 0 aromatic carbocycles. The van der Waals surface area contributed by atoms with E-state index in [1.165, 1.54) is 0 Å². The minimum absolute atomic E-state index is 0.752. The summed E-state index contributed by atoms with van der Waals surface area (Å²) in [6.07, 6.45) is 1.86. The molecule has 1 rings (SSSR count). The van der Waals surface area contributed by atoms with E-state index in [1.54, 1.807) is 0 Å². The molecule has 7 heavy (non-hydrogen) atoms. The number of nitrogens with one attached hydrogen (secondary N) is 1. The number of nitrogens with two attached hydrogens (primary N) is 1. The highest BCUT2D eigenvalue weighted by Gasteiger charge is 1.99. The first-order valence-corrected chi connectivity index (χ1v) is 2.20. The largest absolute Gasteiger partial charge is 0.384 e. The quantitative estimate of drug-likeness (QED) is 0.419. The number of hydrogen-bond acceptors (Lipinski definition) is 3. The zero-order chi connectivity index (χ0) is 5.28. The van der Waals surface area contributed by atoms with Crippen molar-refractivity contribution in [3.05, 3.63) is 12.0 Å². The fraction of sp³-hybridized carbons (Fsp3) is 0.500. The predicted octanol–water partition coefficient (Wildman–Crippen LogP) is -0.763. The average Bonchev–Trinajstić information content (AvgIpc) is 1.87. The normalized spacial score (nSPS) is 19.0. The van der Waals surface area contributed by atoms with E-state index in [4.69, 9.17) is 5.73 Å². The summed E-state index contributed by atoms with van der Waals surface area (Å²) in [4.78, 5) is 1.98. The van der Waals surface area contributed by atoms with Crippen LogP contribution in [0.5, 0.6) is 0 Å². The average molecular weight is 99.1 g/mol. The molecule has 1 aliphatic heterocycles. The highest BCUT2D eigenvalue weighted by atomic mass is 15.3. The fourth-order valence-corrected chi connectivity index (χ4v) is 0.545. The van der Waals surface area contributed by atoms with Crippen molar-refractivity contribution in [2.75, 3.05) is 13.7 Å². The smallest absolute Gasteiger partial charge is 0.114 e. The lowest BCUT2D eigenvalue weighted by Crippen LogP contribution is -2.19. The predicted molar refractivity (Wildman–Crippen MR) is 28.0 cm³/mol. The van der Waals surface area contributed by atoms with E-state index < -0.39 is 0 Å². The Balaban J connectivity index is 2.50. The Kier molecular flexibility index (Phi) is 0.817. The van der Waals surface area contributed by atoms with E-state index in [9.17, 15) is 0 Å². The highest BCUT2D eigenvalue weighted by Crippen LogP contribution is 1.91. The molecule has 3 N–H and O–H groups in total. The van der Waals surface area contributed by atoms with Gasteiger partial charge in [0, 0.05) is 13.2 Å². The molecule has 0 radical (unpaired) electrons. The Morgan fingerprint density at radius 1 is 2.00 bits per heavy atom. The summed E-state index contributed by atoms with van der Waals surface area (Å²) in [5.74, 6) is 0.752. The monoisotopic (exact) mass is 99.1 g/mol. The van der Waals surface area contributed by atoms with Gasteiger partial charge in [-0.2, -0.15) is 0 Å². The van der Waals surface area contributed by atoms with Gasteiger partial charge in [-0.15, -0.1) is 0 Å². The molecule has 0 aromatic heterocycles. The molecule has 0 amide bonds. The molecular formula is C4H9N3. The molecule has 0 saturated heterocycles. The van der Waals surface area contributed by atoms with Crippen LogP contribution in [0.4, 0.5) is 0 Å². The summed E-state index contributed by atoms with van der Waals surface area (Å²) in [6.45, 7) is 0.839. The van der Waals surface area contributed by atoms with Crippen molar-refractivity contribution in [2.24, 2.45) is 5.73 Å². The van der Waals surface area contributed by atoms with Gasteiger partial charge >= 0.3 is 0 Å². The molecule has 0 unspecified atom stereocenters. The highest BCUT2D eigenvalue weighted by molar-refractivity contribution is 4.97. The van der Waals surface area contributed by atoms with Crippen LogP contribution in [-0.2, 0) is 0 Å². The maximum absolute atomic E-state index is 5.33. The maximum atomic E-state index is 5.33. The summed E-state index contributed by atoms with van der Waals surface area (Å²) < 4.78 is 0. The van der Waals surface area contributed by atoms with Gasteiger partial charge in [-0.25, -0.2) is 0 Å². The van der Waals surface area contributed by atoms with Crippen molar-refractivity contribution in [3.63, 3.8) is 0 Å². The van der Waals surface area contributed by atoms with Crippen LogP contribution >= 0.6 is 0 Å². The van der Waals surface area contributed by atoms with Crippen LogP contribution in [0.2, 0.25) is 0 Å². The molecule has 3 heteroatoms. The summed E-state index contributed by atoms with van der Waals surface area (Å²) >= 11 is 0. The van der Waals surface area contributed by atoms with E-state index >= 15 is 0 Å². The van der Waals surface area contributed by atoms with Crippen molar-refractivity contribution in [1.29, 1.82) is 0 Å². The van der Waals surface area contributed by atoms with Gasteiger partial charge in [-0.1, -0.05) is 0 Å². The van der Waals surface area contributed by atoms with Gasteiger partial charge in [0.15, 0.2) is 0 Å². The molecule has 0 saturated carbocycles. The zero-order valence-electron chi connectivity index (χ0n) is 4.31. The molecule has 1 heterocycles. The Hall–Kier alpha value is -0.860. The molecule has 0 fully saturated rings. The third-order valence-electron chi connectivity index (χ3n) is 0.892. The number of rotatable bonds is 0. The van der Waals surface area contributed by atoms with E-state index in [0.29, 0.717) is 0 Å². The Labute approximate surface area is 42.8 Å². The van der Waals surface area contributed by atoms with Crippen LogP contribution in [0.1, 0.15) is 0 Å². The second-order valence-electron chi connectivity index (χ2n) is 1.68. The summed E-state index contributed by atoms with van der Waals surface area (Å²) in [5, 5.41) is 2.93. The Bertz CT molecular complexity index is 97.1. The Morgan fingerprint density at radius 2 is 2.71 bits per heavy atom. The number of hydrogen-bond donors (Lipinski definition) is 2. The van der Waals surface area contributed by atoms with Gasteiger partial charge in [0.05, 0.1) is 6.67 Å². The van der Waals surface area contributed by atoms with Crippen LogP contribution in [0.3, 0.4) is 0 Å². The van der Waals surface area contributed by atoms with Gasteiger partial charge in [-0.05, 0) is 0 Å². The molecule has 0 atom stereocenters. The second-order valence-corrected chi connectivity index (χ2v) is 1.68. The summed E-state index contributed by atoms with van der Waals surface area (Å²) in [7, 11) is 1.97. The fourth-order valence-electron chi connectivity index (χ4n) is 0.545. The first-order valence-electron chi connectivity index (χ1n) is 2.20. The van der Waals surface area contributed by atoms with Gasteiger partial charge in [0.25, 0.3) is 0 Å². The molecule has 0 aliphatic carbocycles. The van der Waals surface area contributed by atoms with Gasteiger partial charge < -0.3 is 16.0 Å². The zero-order valence-corrected chi connectivity index (χ0v) is 4.31. The lowest BCUT2D eigenvalue weighted by atomic mass is 10.8. The lowest BCUT2D eigenvalue weighted by Gasteiger charge is -2.01. The van der Waals surface area contributed by atoms with Crippen LogP contribution in [0, 0.1) is 0 Å². The molecule has 3 nitrogen and oxygen atoms in total. The molecule has 0 spiro atoms. The van der Waals surface area contributed by atoms with Crippen LogP contribution < -0.4 is 11.1 Å². The topological polar surface area (TPSA) is 41.3 Å². The standard InChI is InChI=1S/C4H9N3/c1-7-2-4(5)6-3-7/h2,6H,3,5H2,1H3. The van der Waals surface area contributed by atoms with Crippen molar-refractivity contribution < 1.29 is 0 Å². The second kappa shape index (κ2) is 1.33.